The minimum absolute atomic E-state index is 0.0454. The Morgan fingerprint density at radius 3 is 1.93 bits per heavy atom. The van der Waals surface area contributed by atoms with E-state index in [0.717, 1.165) is 9.75 Å². The highest BCUT2D eigenvalue weighted by molar-refractivity contribution is 5.86. The molecular weight excluding hydrogens is 352 g/mol. The van der Waals surface area contributed by atoms with Crippen LogP contribution in [0.2, 0.25) is 0 Å². The van der Waals surface area contributed by atoms with Gasteiger partial charge in [0.25, 0.3) is 0 Å². The summed E-state index contributed by atoms with van der Waals surface area (Å²) >= 11 is 0. The first-order valence-corrected chi connectivity index (χ1v) is 8.48. The fourth-order valence-electron chi connectivity index (χ4n) is 1.74. The van der Waals surface area contributed by atoms with Gasteiger partial charge < -0.3 is 9.47 Å². The maximum Gasteiger partial charge on any atom is 0.440 e. The SMILES string of the molecule is CC(C)(C)OC(=O)N(OC(C)(C)C)c1nn(C(=O)OC(C)(C)C)cc1C#N. The molecule has 0 radical (unpaired) electrons. The van der Waals surface area contributed by atoms with Gasteiger partial charge in [-0.25, -0.2) is 9.59 Å². The van der Waals surface area contributed by atoms with Crippen LogP contribution in [0.15, 0.2) is 6.20 Å². The van der Waals surface area contributed by atoms with Gasteiger partial charge in [-0.1, -0.05) is 0 Å². The zero-order valence-corrected chi connectivity index (χ0v) is 17.4. The normalized spacial score (nSPS) is 12.3. The number of rotatable bonds is 2. The highest BCUT2D eigenvalue weighted by Gasteiger charge is 2.33. The first kappa shape index (κ1) is 22.4. The van der Waals surface area contributed by atoms with Crippen LogP contribution in [0, 0.1) is 11.3 Å². The molecule has 1 rings (SSSR count). The molecule has 9 heteroatoms. The van der Waals surface area contributed by atoms with Gasteiger partial charge in [0.05, 0.1) is 11.8 Å². The van der Waals surface area contributed by atoms with Gasteiger partial charge in [-0.05, 0) is 62.3 Å². The van der Waals surface area contributed by atoms with Crippen molar-refractivity contribution >= 4 is 18.0 Å². The maximum atomic E-state index is 12.6. The van der Waals surface area contributed by atoms with Crippen LogP contribution in [0.5, 0.6) is 0 Å². The minimum atomic E-state index is -0.858. The molecule has 0 N–H and O–H groups in total. The molecule has 0 aliphatic heterocycles. The summed E-state index contributed by atoms with van der Waals surface area (Å²) in [5, 5.41) is 14.2. The third-order valence-electron chi connectivity index (χ3n) is 2.51. The lowest BCUT2D eigenvalue weighted by atomic mass is 10.2. The van der Waals surface area contributed by atoms with Crippen LogP contribution in [0.25, 0.3) is 0 Å². The molecule has 0 fully saturated rings. The summed E-state index contributed by atoms with van der Waals surface area (Å²) in [6.45, 7) is 15.4. The van der Waals surface area contributed by atoms with Crippen molar-refractivity contribution < 1.29 is 23.9 Å². The second-order valence-electron chi connectivity index (χ2n) is 8.88. The molecule has 0 aromatic carbocycles. The molecule has 1 aromatic rings. The van der Waals surface area contributed by atoms with Crippen LogP contribution < -0.4 is 5.06 Å². The van der Waals surface area contributed by atoms with Gasteiger partial charge in [-0.3, -0.25) is 4.84 Å². The van der Waals surface area contributed by atoms with Crippen LogP contribution >= 0.6 is 0 Å². The molecule has 0 unspecified atom stereocenters. The standard InChI is InChI=1S/C18H28N4O5/c1-16(2,3)25-14(23)21-11-12(10-19)13(20-21)22(27-18(7,8)9)15(24)26-17(4,5)6/h11H,1-9H3. The summed E-state index contributed by atoms with van der Waals surface area (Å²) in [6, 6.07) is 1.90. The number of amides is 1. The van der Waals surface area contributed by atoms with Crippen molar-refractivity contribution in [2.75, 3.05) is 5.06 Å². The van der Waals surface area contributed by atoms with E-state index in [4.69, 9.17) is 14.3 Å². The predicted octanol–water partition coefficient (Wildman–Crippen LogP) is 4.01. The molecule has 9 nitrogen and oxygen atoms in total. The van der Waals surface area contributed by atoms with Gasteiger partial charge in [0, 0.05) is 0 Å². The molecule has 0 spiro atoms. The molecule has 1 heterocycles. The highest BCUT2D eigenvalue weighted by atomic mass is 16.7. The second kappa shape index (κ2) is 7.56. The number of aromatic nitrogens is 2. The van der Waals surface area contributed by atoms with Crippen LogP contribution in [0.3, 0.4) is 0 Å². The van der Waals surface area contributed by atoms with Crippen LogP contribution in [-0.2, 0) is 14.3 Å². The molecule has 1 aromatic heterocycles. The Morgan fingerprint density at radius 2 is 1.52 bits per heavy atom. The van der Waals surface area contributed by atoms with Crippen LogP contribution in [0.1, 0.15) is 67.9 Å². The van der Waals surface area contributed by atoms with E-state index in [0.29, 0.717) is 0 Å². The lowest BCUT2D eigenvalue weighted by Crippen LogP contribution is -2.42. The van der Waals surface area contributed by atoms with E-state index in [2.05, 4.69) is 5.10 Å². The number of nitrogens with zero attached hydrogens (tertiary/aromatic N) is 4. The summed E-state index contributed by atoms with van der Waals surface area (Å²) in [7, 11) is 0. The fourth-order valence-corrected chi connectivity index (χ4v) is 1.74. The average Bonchev–Trinajstić information content (AvgIpc) is 2.84. The monoisotopic (exact) mass is 380 g/mol. The van der Waals surface area contributed by atoms with Crippen molar-refractivity contribution in [3.63, 3.8) is 0 Å². The van der Waals surface area contributed by atoms with E-state index in [1.165, 1.54) is 6.20 Å². The van der Waals surface area contributed by atoms with Crippen molar-refractivity contribution in [2.45, 2.75) is 79.1 Å². The Labute approximate surface area is 159 Å². The second-order valence-corrected chi connectivity index (χ2v) is 8.88. The summed E-state index contributed by atoms with van der Waals surface area (Å²) in [5.41, 5.74) is -2.38. The Morgan fingerprint density at radius 1 is 1.00 bits per heavy atom. The van der Waals surface area contributed by atoms with E-state index < -0.39 is 29.0 Å². The first-order valence-electron chi connectivity index (χ1n) is 8.48. The third-order valence-corrected chi connectivity index (χ3v) is 2.51. The van der Waals surface area contributed by atoms with Gasteiger partial charge in [-0.15, -0.1) is 10.2 Å². The number of carbonyl (C=O) groups is 2. The fraction of sp³-hybridized carbons (Fsp3) is 0.667. The van der Waals surface area contributed by atoms with Crippen molar-refractivity contribution in [3.8, 4) is 6.07 Å². The summed E-state index contributed by atoms with van der Waals surface area (Å²) in [5.74, 6) is -0.160. The molecule has 0 atom stereocenters. The van der Waals surface area contributed by atoms with Gasteiger partial charge in [0.1, 0.15) is 22.8 Å². The van der Waals surface area contributed by atoms with Crippen LogP contribution in [-0.4, -0.2) is 38.8 Å². The predicted molar refractivity (Wildman–Crippen MR) is 98.1 cm³/mol. The van der Waals surface area contributed by atoms with Gasteiger partial charge >= 0.3 is 12.2 Å². The van der Waals surface area contributed by atoms with E-state index in [1.54, 1.807) is 62.3 Å². The number of ether oxygens (including phenoxy) is 2. The van der Waals surface area contributed by atoms with Crippen molar-refractivity contribution in [3.05, 3.63) is 11.8 Å². The molecule has 0 bridgehead atoms. The summed E-state index contributed by atoms with van der Waals surface area (Å²) in [6.07, 6.45) is -0.471. The molecule has 1 amide bonds. The molecule has 0 saturated carbocycles. The summed E-state index contributed by atoms with van der Waals surface area (Å²) in [4.78, 5) is 30.5. The van der Waals surface area contributed by atoms with Gasteiger partial charge in [0.2, 0.25) is 5.82 Å². The van der Waals surface area contributed by atoms with Crippen LogP contribution in [0.4, 0.5) is 15.4 Å². The van der Waals surface area contributed by atoms with E-state index in [-0.39, 0.29) is 11.4 Å². The lowest BCUT2D eigenvalue weighted by molar-refractivity contribution is -0.0365. The molecule has 27 heavy (non-hydrogen) atoms. The highest BCUT2D eigenvalue weighted by Crippen LogP contribution is 2.25. The van der Waals surface area contributed by atoms with E-state index >= 15 is 0 Å². The Balaban J connectivity index is 3.34. The Bertz CT molecular complexity index is 742. The third kappa shape index (κ3) is 7.27. The number of nitriles is 1. The van der Waals surface area contributed by atoms with Crippen molar-refractivity contribution in [2.24, 2.45) is 0 Å². The lowest BCUT2D eigenvalue weighted by Gasteiger charge is -2.30. The van der Waals surface area contributed by atoms with E-state index in [1.807, 2.05) is 6.07 Å². The van der Waals surface area contributed by atoms with Crippen molar-refractivity contribution in [1.82, 2.24) is 9.78 Å². The quantitative estimate of drug-likeness (QED) is 0.713. The summed E-state index contributed by atoms with van der Waals surface area (Å²) < 4.78 is 11.4. The topological polar surface area (TPSA) is 107 Å². The Hall–Kier alpha value is -2.60. The average molecular weight is 380 g/mol. The number of carbonyl (C=O) groups excluding carboxylic acids is 2. The van der Waals surface area contributed by atoms with Crippen molar-refractivity contribution in [1.29, 1.82) is 5.26 Å². The smallest absolute Gasteiger partial charge is 0.440 e. The molecule has 0 aliphatic carbocycles. The number of hydroxylamine groups is 1. The number of anilines is 1. The zero-order chi connectivity index (χ0) is 21.2. The number of hydrogen-bond acceptors (Lipinski definition) is 7. The van der Waals surface area contributed by atoms with Gasteiger partial charge in [-0.2, -0.15) is 9.94 Å². The molecular formula is C18H28N4O5. The zero-order valence-electron chi connectivity index (χ0n) is 17.4. The molecule has 0 aliphatic rings. The maximum absolute atomic E-state index is 12.6. The number of hydrogen-bond donors (Lipinski definition) is 0. The van der Waals surface area contributed by atoms with Gasteiger partial charge in [0.15, 0.2) is 0 Å². The van der Waals surface area contributed by atoms with E-state index in [9.17, 15) is 14.9 Å². The Kier molecular flexibility index (Phi) is 6.29. The minimum Gasteiger partial charge on any atom is -0.442 e. The molecule has 0 saturated heterocycles. The molecule has 150 valence electrons. The largest absolute Gasteiger partial charge is 0.442 e. The first-order chi connectivity index (χ1) is 12.0.